The smallest absolute Gasteiger partial charge is 0.131 e. The Bertz CT molecular complexity index is 583. The van der Waals surface area contributed by atoms with Crippen LogP contribution < -0.4 is 4.74 Å². The van der Waals surface area contributed by atoms with Crippen LogP contribution >= 0.6 is 0 Å². The number of aromatic nitrogens is 1. The van der Waals surface area contributed by atoms with Crippen LogP contribution in [-0.4, -0.2) is 16.5 Å². The van der Waals surface area contributed by atoms with E-state index in [1.165, 1.54) is 0 Å². The number of rotatable bonds is 5. The van der Waals surface area contributed by atoms with Gasteiger partial charge in [-0.3, -0.25) is 4.79 Å². The van der Waals surface area contributed by atoms with Gasteiger partial charge in [-0.1, -0.05) is 6.07 Å². The minimum Gasteiger partial charge on any atom is -0.490 e. The molecule has 0 aliphatic heterocycles. The molecular weight excluding hydrogens is 238 g/mol. The van der Waals surface area contributed by atoms with E-state index in [0.29, 0.717) is 6.42 Å². The number of carbonyl (C=O) groups is 1. The quantitative estimate of drug-likeness (QED) is 0.813. The Morgan fingerprint density at radius 3 is 2.63 bits per heavy atom. The van der Waals surface area contributed by atoms with Gasteiger partial charge in [0.2, 0.25) is 0 Å². The summed E-state index contributed by atoms with van der Waals surface area (Å²) in [5, 5.41) is 1.10. The number of ether oxygens (including phenoxy) is 1. The summed E-state index contributed by atoms with van der Waals surface area (Å²) in [6.07, 6.45) is 2.74. The van der Waals surface area contributed by atoms with Crippen LogP contribution in [0.5, 0.6) is 5.75 Å². The predicted molar refractivity (Wildman–Crippen MR) is 77.7 cm³/mol. The molecule has 3 heteroatoms. The van der Waals surface area contributed by atoms with E-state index in [-0.39, 0.29) is 17.9 Å². The number of hydrogen-bond acceptors (Lipinski definition) is 2. The lowest BCUT2D eigenvalue weighted by Crippen LogP contribution is -2.08. The van der Waals surface area contributed by atoms with Crippen molar-refractivity contribution >= 4 is 16.7 Å². The lowest BCUT2D eigenvalue weighted by molar-refractivity contribution is -0.117. The van der Waals surface area contributed by atoms with Gasteiger partial charge in [-0.2, -0.15) is 0 Å². The zero-order valence-electron chi connectivity index (χ0n) is 12.0. The zero-order valence-corrected chi connectivity index (χ0v) is 12.0. The third kappa shape index (κ3) is 2.98. The molecule has 0 aliphatic rings. The third-order valence-electron chi connectivity index (χ3n) is 3.14. The van der Waals surface area contributed by atoms with Crippen LogP contribution in [0.1, 0.15) is 40.2 Å². The van der Waals surface area contributed by atoms with Crippen molar-refractivity contribution in [2.24, 2.45) is 0 Å². The molecule has 0 N–H and O–H groups in total. The van der Waals surface area contributed by atoms with Crippen molar-refractivity contribution in [3.8, 4) is 5.75 Å². The second-order valence-corrected chi connectivity index (χ2v) is 5.33. The van der Waals surface area contributed by atoms with Crippen LogP contribution in [-0.2, 0) is 4.79 Å². The molecule has 102 valence electrons. The maximum Gasteiger partial charge on any atom is 0.131 e. The largest absolute Gasteiger partial charge is 0.490 e. The first-order chi connectivity index (χ1) is 8.99. The summed E-state index contributed by atoms with van der Waals surface area (Å²) in [4.78, 5) is 11.3. The molecule has 1 aromatic heterocycles. The number of carbonyl (C=O) groups excluding carboxylic acids is 1. The molecule has 0 aliphatic carbocycles. The fraction of sp³-hybridized carbons (Fsp3) is 0.438. The second kappa shape index (κ2) is 5.47. The normalized spacial score (nSPS) is 12.9. The molecule has 0 saturated heterocycles. The van der Waals surface area contributed by atoms with Crippen LogP contribution in [0.3, 0.4) is 0 Å². The first kappa shape index (κ1) is 13.7. The summed E-state index contributed by atoms with van der Waals surface area (Å²) >= 11 is 0. The lowest BCUT2D eigenvalue weighted by atomic mass is 10.1. The molecule has 3 nitrogen and oxygen atoms in total. The van der Waals surface area contributed by atoms with Gasteiger partial charge in [0.05, 0.1) is 11.6 Å². The molecular formula is C16H21NO2. The molecule has 0 radical (unpaired) electrons. The summed E-state index contributed by atoms with van der Waals surface area (Å²) in [6.45, 7) is 7.74. The van der Waals surface area contributed by atoms with Crippen LogP contribution in [0.2, 0.25) is 0 Å². The Labute approximate surface area is 114 Å². The van der Waals surface area contributed by atoms with Crippen LogP contribution in [0.25, 0.3) is 10.9 Å². The Morgan fingerprint density at radius 2 is 2.00 bits per heavy atom. The van der Waals surface area contributed by atoms with E-state index in [2.05, 4.69) is 23.6 Å². The molecule has 1 unspecified atom stereocenters. The van der Waals surface area contributed by atoms with Crippen LogP contribution in [0.15, 0.2) is 30.5 Å². The van der Waals surface area contributed by atoms with E-state index in [1.54, 1.807) is 6.92 Å². The fourth-order valence-electron chi connectivity index (χ4n) is 2.42. The topological polar surface area (TPSA) is 31.2 Å². The molecule has 0 saturated carbocycles. The van der Waals surface area contributed by atoms with Gasteiger partial charge in [-0.15, -0.1) is 0 Å². The first-order valence-corrected chi connectivity index (χ1v) is 6.74. The summed E-state index contributed by atoms with van der Waals surface area (Å²) in [6, 6.07) is 8.28. The number of hydrogen-bond donors (Lipinski definition) is 0. The van der Waals surface area contributed by atoms with Crippen LogP contribution in [0, 0.1) is 0 Å². The van der Waals surface area contributed by atoms with Gasteiger partial charge in [0, 0.05) is 24.0 Å². The summed E-state index contributed by atoms with van der Waals surface area (Å²) < 4.78 is 7.96. The number of nitrogens with zero attached hydrogens (tertiary/aromatic N) is 1. The molecule has 19 heavy (non-hydrogen) atoms. The monoisotopic (exact) mass is 259 g/mol. The highest BCUT2D eigenvalue weighted by Crippen LogP contribution is 2.30. The number of Topliss-reactive ketones (excluding diaryl/α,β-unsaturated/α-hetero) is 1. The van der Waals surface area contributed by atoms with Gasteiger partial charge < -0.3 is 9.30 Å². The molecule has 1 heterocycles. The number of ketones is 1. The minimum atomic E-state index is 0.156. The second-order valence-electron chi connectivity index (χ2n) is 5.33. The van der Waals surface area contributed by atoms with Gasteiger partial charge in [-0.05, 0) is 45.9 Å². The zero-order chi connectivity index (χ0) is 14.0. The standard InChI is InChI=1S/C16H21NO2/c1-11(2)19-16-7-5-6-15-14(16)8-9-17(15)12(3)10-13(4)18/h5-9,11-12H,10H2,1-4H3. The molecule has 0 amide bonds. The highest BCUT2D eigenvalue weighted by molar-refractivity contribution is 5.87. The van der Waals surface area contributed by atoms with Gasteiger partial charge >= 0.3 is 0 Å². The fourth-order valence-corrected chi connectivity index (χ4v) is 2.42. The number of fused-ring (bicyclic) bond motifs is 1. The van der Waals surface area contributed by atoms with E-state index in [0.717, 1.165) is 16.7 Å². The molecule has 0 fully saturated rings. The predicted octanol–water partition coefficient (Wildman–Crippen LogP) is 3.97. The SMILES string of the molecule is CC(=O)CC(C)n1ccc2c(OC(C)C)cccc21. The minimum absolute atomic E-state index is 0.156. The highest BCUT2D eigenvalue weighted by atomic mass is 16.5. The Balaban J connectivity index is 2.40. The van der Waals surface area contributed by atoms with E-state index in [1.807, 2.05) is 32.2 Å². The first-order valence-electron chi connectivity index (χ1n) is 6.74. The third-order valence-corrected chi connectivity index (χ3v) is 3.14. The number of benzene rings is 1. The van der Waals surface area contributed by atoms with Crippen molar-refractivity contribution < 1.29 is 9.53 Å². The van der Waals surface area contributed by atoms with Crippen molar-refractivity contribution in [1.29, 1.82) is 0 Å². The molecule has 1 aromatic carbocycles. The molecule has 2 rings (SSSR count). The highest BCUT2D eigenvalue weighted by Gasteiger charge is 2.13. The van der Waals surface area contributed by atoms with Crippen molar-refractivity contribution in [3.05, 3.63) is 30.5 Å². The average Bonchev–Trinajstić information content (AvgIpc) is 2.72. The maximum atomic E-state index is 11.3. The molecule has 0 bridgehead atoms. The van der Waals surface area contributed by atoms with E-state index in [4.69, 9.17) is 4.74 Å². The van der Waals surface area contributed by atoms with Crippen molar-refractivity contribution in [2.45, 2.75) is 46.3 Å². The average molecular weight is 259 g/mol. The molecule has 2 aromatic rings. The van der Waals surface area contributed by atoms with Gasteiger partial charge in [0.1, 0.15) is 11.5 Å². The van der Waals surface area contributed by atoms with Crippen molar-refractivity contribution in [3.63, 3.8) is 0 Å². The lowest BCUT2D eigenvalue weighted by Gasteiger charge is -2.15. The van der Waals surface area contributed by atoms with Gasteiger partial charge in [0.15, 0.2) is 0 Å². The van der Waals surface area contributed by atoms with E-state index >= 15 is 0 Å². The van der Waals surface area contributed by atoms with Crippen LogP contribution in [0.4, 0.5) is 0 Å². The Hall–Kier alpha value is -1.77. The maximum absolute atomic E-state index is 11.3. The summed E-state index contributed by atoms with van der Waals surface area (Å²) in [5.74, 6) is 1.12. The van der Waals surface area contributed by atoms with E-state index < -0.39 is 0 Å². The van der Waals surface area contributed by atoms with Gasteiger partial charge in [0.25, 0.3) is 0 Å². The van der Waals surface area contributed by atoms with Crippen molar-refractivity contribution in [1.82, 2.24) is 4.57 Å². The van der Waals surface area contributed by atoms with Crippen molar-refractivity contribution in [2.75, 3.05) is 0 Å². The van der Waals surface area contributed by atoms with Gasteiger partial charge in [-0.25, -0.2) is 0 Å². The van der Waals surface area contributed by atoms with E-state index in [9.17, 15) is 4.79 Å². The summed E-state index contributed by atoms with van der Waals surface area (Å²) in [7, 11) is 0. The molecule has 1 atom stereocenters. The Kier molecular flexibility index (Phi) is 3.93. The summed E-state index contributed by atoms with van der Waals surface area (Å²) in [5.41, 5.74) is 1.12. The molecule has 0 spiro atoms. The Morgan fingerprint density at radius 1 is 1.26 bits per heavy atom.